The van der Waals surface area contributed by atoms with Crippen LogP contribution in [0, 0.1) is 17.5 Å². The molecule has 1 aromatic carbocycles. The predicted octanol–water partition coefficient (Wildman–Crippen LogP) is 2.31. The molecule has 0 aliphatic rings. The van der Waals surface area contributed by atoms with Crippen molar-refractivity contribution in [1.29, 1.82) is 0 Å². The van der Waals surface area contributed by atoms with Crippen molar-refractivity contribution < 1.29 is 18.3 Å². The fourth-order valence-electron chi connectivity index (χ4n) is 1.87. The van der Waals surface area contributed by atoms with Crippen LogP contribution in [0.1, 0.15) is 31.7 Å². The lowest BCUT2D eigenvalue weighted by Crippen LogP contribution is -2.39. The van der Waals surface area contributed by atoms with Gasteiger partial charge in [-0.3, -0.25) is 0 Å². The number of aliphatic hydroxyl groups is 1. The van der Waals surface area contributed by atoms with Crippen LogP contribution in [0.25, 0.3) is 0 Å². The van der Waals surface area contributed by atoms with E-state index < -0.39 is 28.9 Å². The third-order valence-electron chi connectivity index (χ3n) is 2.72. The molecular formula is C12H16F3NO. The first-order valence-electron chi connectivity index (χ1n) is 5.31. The third kappa shape index (κ3) is 3.20. The van der Waals surface area contributed by atoms with Gasteiger partial charge < -0.3 is 10.8 Å². The van der Waals surface area contributed by atoms with Gasteiger partial charge in [-0.05, 0) is 38.0 Å². The number of hydrogen-bond acceptors (Lipinski definition) is 2. The molecule has 0 aliphatic carbocycles. The fourth-order valence-corrected chi connectivity index (χ4v) is 1.87. The van der Waals surface area contributed by atoms with Crippen molar-refractivity contribution in [2.24, 2.45) is 5.73 Å². The zero-order valence-corrected chi connectivity index (χ0v) is 9.80. The second-order valence-electron chi connectivity index (χ2n) is 4.68. The van der Waals surface area contributed by atoms with Crippen LogP contribution < -0.4 is 5.73 Å². The zero-order valence-electron chi connectivity index (χ0n) is 9.80. The first-order valence-corrected chi connectivity index (χ1v) is 5.31. The molecule has 0 aromatic heterocycles. The van der Waals surface area contributed by atoms with E-state index in [1.54, 1.807) is 13.8 Å². The van der Waals surface area contributed by atoms with Gasteiger partial charge in [-0.25, -0.2) is 13.2 Å². The Morgan fingerprint density at radius 1 is 1.24 bits per heavy atom. The molecule has 0 fully saturated rings. The number of rotatable bonds is 4. The molecular weight excluding hydrogens is 231 g/mol. The molecule has 0 saturated heterocycles. The molecule has 1 rings (SSSR count). The number of aliphatic hydroxyl groups excluding tert-OH is 1. The van der Waals surface area contributed by atoms with E-state index in [0.717, 1.165) is 12.1 Å². The van der Waals surface area contributed by atoms with Gasteiger partial charge in [0.1, 0.15) is 0 Å². The highest BCUT2D eigenvalue weighted by atomic mass is 19.2. The Labute approximate surface area is 98.3 Å². The minimum absolute atomic E-state index is 0.161. The monoisotopic (exact) mass is 247 g/mol. The lowest BCUT2D eigenvalue weighted by atomic mass is 9.80. The first-order chi connectivity index (χ1) is 7.77. The molecule has 96 valence electrons. The van der Waals surface area contributed by atoms with E-state index >= 15 is 0 Å². The Balaban J connectivity index is 3.20. The first kappa shape index (κ1) is 14.0. The van der Waals surface area contributed by atoms with Crippen molar-refractivity contribution in [2.75, 3.05) is 6.61 Å². The largest absolute Gasteiger partial charge is 0.396 e. The predicted molar refractivity (Wildman–Crippen MR) is 59.0 cm³/mol. The van der Waals surface area contributed by atoms with Crippen LogP contribution in [0.2, 0.25) is 0 Å². The Hall–Kier alpha value is -1.07. The molecule has 1 unspecified atom stereocenters. The summed E-state index contributed by atoms with van der Waals surface area (Å²) in [5, 5.41) is 8.94. The van der Waals surface area contributed by atoms with Crippen LogP contribution in [0.15, 0.2) is 12.1 Å². The summed E-state index contributed by atoms with van der Waals surface area (Å²) in [7, 11) is 0. The summed E-state index contributed by atoms with van der Waals surface area (Å²) in [6.07, 6.45) is 0.258. The minimum atomic E-state index is -1.49. The Morgan fingerprint density at radius 2 is 1.71 bits per heavy atom. The van der Waals surface area contributed by atoms with Gasteiger partial charge >= 0.3 is 0 Å². The maximum atomic E-state index is 13.1. The van der Waals surface area contributed by atoms with Gasteiger partial charge in [0, 0.05) is 18.1 Å². The number of hydrogen-bond donors (Lipinski definition) is 2. The van der Waals surface area contributed by atoms with Crippen molar-refractivity contribution >= 4 is 0 Å². The summed E-state index contributed by atoms with van der Waals surface area (Å²) >= 11 is 0. The molecule has 5 heteroatoms. The van der Waals surface area contributed by atoms with Crippen LogP contribution >= 0.6 is 0 Å². The van der Waals surface area contributed by atoms with E-state index in [-0.39, 0.29) is 18.6 Å². The van der Waals surface area contributed by atoms with Crippen molar-refractivity contribution in [1.82, 2.24) is 0 Å². The topological polar surface area (TPSA) is 46.2 Å². The summed E-state index contributed by atoms with van der Waals surface area (Å²) in [6, 6.07) is 1.85. The van der Waals surface area contributed by atoms with E-state index in [2.05, 4.69) is 0 Å². The summed E-state index contributed by atoms with van der Waals surface area (Å²) in [5.74, 6) is -4.43. The summed E-state index contributed by atoms with van der Waals surface area (Å²) in [4.78, 5) is 0. The van der Waals surface area contributed by atoms with E-state index in [4.69, 9.17) is 10.8 Å². The van der Waals surface area contributed by atoms with Gasteiger partial charge in [0.25, 0.3) is 0 Å². The second kappa shape index (κ2) is 5.06. The van der Waals surface area contributed by atoms with Crippen LogP contribution in [0.4, 0.5) is 13.2 Å². The lowest BCUT2D eigenvalue weighted by Gasteiger charge is -2.30. The molecule has 0 amide bonds. The standard InChI is InChI=1S/C12H16F3NO/c1-12(2,16)8(3-4-17)7-5-9(13)11(15)10(14)6-7/h5-6,8,17H,3-4,16H2,1-2H3. The van der Waals surface area contributed by atoms with Crippen LogP contribution in [0.3, 0.4) is 0 Å². The molecule has 1 atom stereocenters. The second-order valence-corrected chi connectivity index (χ2v) is 4.68. The number of halogens is 3. The van der Waals surface area contributed by atoms with Gasteiger partial charge in [-0.1, -0.05) is 0 Å². The molecule has 0 heterocycles. The zero-order chi connectivity index (χ0) is 13.2. The molecule has 0 bridgehead atoms. The van der Waals surface area contributed by atoms with Crippen molar-refractivity contribution in [3.8, 4) is 0 Å². The number of benzene rings is 1. The lowest BCUT2D eigenvalue weighted by molar-refractivity contribution is 0.249. The third-order valence-corrected chi connectivity index (χ3v) is 2.72. The van der Waals surface area contributed by atoms with Gasteiger partial charge in [0.15, 0.2) is 17.5 Å². The molecule has 1 aromatic rings. The van der Waals surface area contributed by atoms with Crippen molar-refractivity contribution in [2.45, 2.75) is 31.7 Å². The quantitative estimate of drug-likeness (QED) is 0.802. The molecule has 17 heavy (non-hydrogen) atoms. The van der Waals surface area contributed by atoms with Crippen LogP contribution in [-0.2, 0) is 0 Å². The van der Waals surface area contributed by atoms with Crippen LogP contribution in [-0.4, -0.2) is 17.3 Å². The summed E-state index contributed by atoms with van der Waals surface area (Å²) < 4.78 is 39.0. The number of nitrogens with two attached hydrogens (primary N) is 1. The molecule has 3 N–H and O–H groups in total. The van der Waals surface area contributed by atoms with Gasteiger partial charge in [0.05, 0.1) is 0 Å². The van der Waals surface area contributed by atoms with Gasteiger partial charge in [0.2, 0.25) is 0 Å². The minimum Gasteiger partial charge on any atom is -0.396 e. The summed E-state index contributed by atoms with van der Waals surface area (Å²) in [5.41, 5.74) is 5.37. The smallest absolute Gasteiger partial charge is 0.194 e. The molecule has 0 spiro atoms. The molecule has 0 radical (unpaired) electrons. The van der Waals surface area contributed by atoms with Gasteiger partial charge in [-0.15, -0.1) is 0 Å². The Kier molecular flexibility index (Phi) is 4.16. The van der Waals surface area contributed by atoms with Crippen molar-refractivity contribution in [3.63, 3.8) is 0 Å². The average molecular weight is 247 g/mol. The molecule has 2 nitrogen and oxygen atoms in total. The molecule has 0 aliphatic heterocycles. The van der Waals surface area contributed by atoms with E-state index in [1.165, 1.54) is 0 Å². The maximum absolute atomic E-state index is 13.1. The van der Waals surface area contributed by atoms with Gasteiger partial charge in [-0.2, -0.15) is 0 Å². The molecule has 0 saturated carbocycles. The average Bonchev–Trinajstić information content (AvgIpc) is 2.20. The highest BCUT2D eigenvalue weighted by Crippen LogP contribution is 2.31. The van der Waals surface area contributed by atoms with Crippen molar-refractivity contribution in [3.05, 3.63) is 35.1 Å². The Morgan fingerprint density at radius 3 is 2.06 bits per heavy atom. The highest BCUT2D eigenvalue weighted by Gasteiger charge is 2.28. The van der Waals surface area contributed by atoms with Crippen LogP contribution in [0.5, 0.6) is 0 Å². The summed E-state index contributed by atoms with van der Waals surface area (Å²) in [6.45, 7) is 3.21. The van der Waals surface area contributed by atoms with E-state index in [0.29, 0.717) is 0 Å². The highest BCUT2D eigenvalue weighted by molar-refractivity contribution is 5.26. The van der Waals surface area contributed by atoms with E-state index in [1.807, 2.05) is 0 Å². The van der Waals surface area contributed by atoms with E-state index in [9.17, 15) is 13.2 Å². The fraction of sp³-hybridized carbons (Fsp3) is 0.500. The SMILES string of the molecule is CC(C)(N)C(CCO)c1cc(F)c(F)c(F)c1. The normalized spacial score (nSPS) is 13.8. The Bertz CT molecular complexity index is 378. The maximum Gasteiger partial charge on any atom is 0.194 e.